The van der Waals surface area contributed by atoms with Crippen molar-refractivity contribution in [3.05, 3.63) is 23.8 Å². The predicted molar refractivity (Wildman–Crippen MR) is 98.3 cm³/mol. The summed E-state index contributed by atoms with van der Waals surface area (Å²) in [7, 11) is 1.59. The first-order valence-electron chi connectivity index (χ1n) is 8.29. The number of rotatable bonds is 7. The summed E-state index contributed by atoms with van der Waals surface area (Å²) in [6.07, 6.45) is 0.844. The van der Waals surface area contributed by atoms with Crippen LogP contribution in [-0.2, 0) is 6.42 Å². The van der Waals surface area contributed by atoms with E-state index in [1.54, 1.807) is 17.4 Å². The fourth-order valence-electron chi connectivity index (χ4n) is 2.58. The molecule has 0 aliphatic carbocycles. The van der Waals surface area contributed by atoms with Crippen molar-refractivity contribution in [3.8, 4) is 23.6 Å². The Labute approximate surface area is 158 Å². The molecule has 0 saturated heterocycles. The summed E-state index contributed by atoms with van der Waals surface area (Å²) in [6, 6.07) is 9.64. The lowest BCUT2D eigenvalue weighted by atomic mass is 10.0. The van der Waals surface area contributed by atoms with Crippen LogP contribution in [0.1, 0.15) is 32.3 Å². The van der Waals surface area contributed by atoms with Crippen molar-refractivity contribution in [2.45, 2.75) is 38.7 Å². The van der Waals surface area contributed by atoms with Gasteiger partial charge in [-0.15, -0.1) is 0 Å². The third kappa shape index (κ3) is 5.29. The Morgan fingerprint density at radius 2 is 1.96 bits per heavy atom. The number of hydrogen-bond acceptors (Lipinski definition) is 7. The molecule has 1 aromatic carbocycles. The van der Waals surface area contributed by atoms with Crippen LogP contribution in [0.15, 0.2) is 18.2 Å². The minimum Gasteiger partial charge on any atom is -0.483 e. The smallest absolute Gasteiger partial charge is 0.426 e. The normalized spacial score (nSPS) is 14.1. The second-order valence-corrected chi connectivity index (χ2v) is 7.70. The fraction of sp³-hybridized carbons (Fsp3) is 0.500. The molecule has 0 saturated carbocycles. The zero-order chi connectivity index (χ0) is 19.2. The molecule has 7 nitrogen and oxygen atoms in total. The molecule has 138 valence electrons. The highest BCUT2D eigenvalue weighted by molar-refractivity contribution is 7.95. The van der Waals surface area contributed by atoms with Gasteiger partial charge < -0.3 is 9.47 Å². The third-order valence-electron chi connectivity index (χ3n) is 3.69. The molecule has 1 aromatic rings. The predicted octanol–water partition coefficient (Wildman–Crippen LogP) is 3.52. The Balaban J connectivity index is 2.00. The molecule has 26 heavy (non-hydrogen) atoms. The summed E-state index contributed by atoms with van der Waals surface area (Å²) in [4.78, 5) is 12.4. The Bertz CT molecular complexity index is 721. The van der Waals surface area contributed by atoms with Gasteiger partial charge in [-0.2, -0.15) is 10.5 Å². The highest BCUT2D eigenvalue weighted by Crippen LogP contribution is 2.42. The topological polar surface area (TPSA) is 89.6 Å². The van der Waals surface area contributed by atoms with E-state index in [0.717, 1.165) is 24.1 Å². The second kappa shape index (κ2) is 8.79. The van der Waals surface area contributed by atoms with Crippen molar-refractivity contribution in [2.75, 3.05) is 20.1 Å². The summed E-state index contributed by atoms with van der Waals surface area (Å²) < 4.78 is 14.6. The van der Waals surface area contributed by atoms with Gasteiger partial charge in [-0.3, -0.25) is 0 Å². The summed E-state index contributed by atoms with van der Waals surface area (Å²) in [5, 5.41) is 17.5. The maximum Gasteiger partial charge on any atom is 0.426 e. The number of carbonyl (C=O) groups excluding carboxylic acids is 1. The molecule has 0 unspecified atom stereocenters. The van der Waals surface area contributed by atoms with Gasteiger partial charge in [-0.25, -0.2) is 13.4 Å². The Kier molecular flexibility index (Phi) is 6.73. The van der Waals surface area contributed by atoms with Crippen LogP contribution in [0.3, 0.4) is 0 Å². The molecule has 1 aliphatic rings. The standard InChI is InChI=1S/C18H22N4O3S/c1-18(2)13-14-7-4-8-15(16(14)25-18)24-17(23)21(3)26-22(11-5-9-19)12-6-10-20/h4,7-8H,5-6,11-13H2,1-3H3. The van der Waals surface area contributed by atoms with Gasteiger partial charge in [0.25, 0.3) is 0 Å². The van der Waals surface area contributed by atoms with Crippen molar-refractivity contribution >= 4 is 18.2 Å². The van der Waals surface area contributed by atoms with E-state index in [2.05, 4.69) is 12.1 Å². The molecule has 0 radical (unpaired) electrons. The highest BCUT2D eigenvalue weighted by atomic mass is 32.2. The van der Waals surface area contributed by atoms with Gasteiger partial charge in [0.05, 0.1) is 12.1 Å². The molecule has 0 spiro atoms. The van der Waals surface area contributed by atoms with E-state index >= 15 is 0 Å². The molecule has 1 aliphatic heterocycles. The largest absolute Gasteiger partial charge is 0.483 e. The number of hydrogen-bond donors (Lipinski definition) is 0. The lowest BCUT2D eigenvalue weighted by Gasteiger charge is -2.24. The number of nitriles is 2. The quantitative estimate of drug-likeness (QED) is 0.674. The number of carbonyl (C=O) groups is 1. The number of nitrogens with zero attached hydrogens (tertiary/aromatic N) is 4. The van der Waals surface area contributed by atoms with Gasteiger partial charge in [0.1, 0.15) is 5.60 Å². The number of fused-ring (bicyclic) bond motifs is 1. The monoisotopic (exact) mass is 374 g/mol. The van der Waals surface area contributed by atoms with Gasteiger partial charge in [-0.1, -0.05) is 12.1 Å². The van der Waals surface area contributed by atoms with E-state index in [-0.39, 0.29) is 5.60 Å². The molecule has 0 N–H and O–H groups in total. The van der Waals surface area contributed by atoms with Crippen molar-refractivity contribution in [1.29, 1.82) is 10.5 Å². The maximum absolute atomic E-state index is 12.4. The summed E-state index contributed by atoms with van der Waals surface area (Å²) in [6.45, 7) is 4.89. The zero-order valence-electron chi connectivity index (χ0n) is 15.2. The van der Waals surface area contributed by atoms with Gasteiger partial charge in [0, 0.05) is 57.1 Å². The van der Waals surface area contributed by atoms with Crippen LogP contribution < -0.4 is 9.47 Å². The lowest BCUT2D eigenvalue weighted by Crippen LogP contribution is -2.30. The summed E-state index contributed by atoms with van der Waals surface area (Å²) in [5.74, 6) is 1.00. The van der Waals surface area contributed by atoms with Gasteiger partial charge >= 0.3 is 6.09 Å². The molecular weight excluding hydrogens is 352 g/mol. The fourth-order valence-corrected chi connectivity index (χ4v) is 3.37. The van der Waals surface area contributed by atoms with Crippen LogP contribution in [0.5, 0.6) is 11.5 Å². The van der Waals surface area contributed by atoms with E-state index in [1.165, 1.54) is 4.31 Å². The van der Waals surface area contributed by atoms with E-state index in [4.69, 9.17) is 20.0 Å². The van der Waals surface area contributed by atoms with E-state index in [0.29, 0.717) is 37.4 Å². The summed E-state index contributed by atoms with van der Waals surface area (Å²) in [5.41, 5.74) is 0.692. The molecule has 1 heterocycles. The van der Waals surface area contributed by atoms with Gasteiger partial charge in [-0.05, 0) is 19.9 Å². The molecule has 1 amide bonds. The number of ether oxygens (including phenoxy) is 2. The molecule has 8 heteroatoms. The molecule has 0 aromatic heterocycles. The minimum atomic E-state index is -0.546. The van der Waals surface area contributed by atoms with Gasteiger partial charge in [0.2, 0.25) is 0 Å². The third-order valence-corrected chi connectivity index (χ3v) is 4.68. The van der Waals surface area contributed by atoms with Crippen molar-refractivity contribution in [3.63, 3.8) is 0 Å². The highest BCUT2D eigenvalue weighted by Gasteiger charge is 2.33. The maximum atomic E-state index is 12.4. The Morgan fingerprint density at radius 3 is 2.58 bits per heavy atom. The van der Waals surface area contributed by atoms with Crippen molar-refractivity contribution < 1.29 is 14.3 Å². The first-order valence-corrected chi connectivity index (χ1v) is 9.02. The Hall–Kier alpha value is -2.42. The first-order chi connectivity index (χ1) is 12.4. The van der Waals surface area contributed by atoms with Gasteiger partial charge in [0.15, 0.2) is 11.5 Å². The Morgan fingerprint density at radius 1 is 1.31 bits per heavy atom. The van der Waals surface area contributed by atoms with Crippen LogP contribution in [0.25, 0.3) is 0 Å². The second-order valence-electron chi connectivity index (χ2n) is 6.48. The molecule has 0 atom stereocenters. The van der Waals surface area contributed by atoms with Crippen molar-refractivity contribution in [1.82, 2.24) is 8.61 Å². The number of amides is 1. The number of benzene rings is 1. The number of para-hydroxylation sites is 1. The van der Waals surface area contributed by atoms with Crippen LogP contribution >= 0.6 is 12.1 Å². The molecule has 0 fully saturated rings. The lowest BCUT2D eigenvalue weighted by molar-refractivity contribution is 0.131. The van der Waals surface area contributed by atoms with Crippen LogP contribution in [0.4, 0.5) is 4.79 Å². The van der Waals surface area contributed by atoms with E-state index in [9.17, 15) is 4.79 Å². The first kappa shape index (κ1) is 19.9. The molecule has 2 rings (SSSR count). The average molecular weight is 374 g/mol. The average Bonchev–Trinajstić information content (AvgIpc) is 2.92. The minimum absolute atomic E-state index is 0.316. The van der Waals surface area contributed by atoms with Crippen LogP contribution in [0.2, 0.25) is 0 Å². The van der Waals surface area contributed by atoms with Crippen LogP contribution in [-0.4, -0.2) is 40.4 Å². The zero-order valence-corrected chi connectivity index (χ0v) is 16.0. The van der Waals surface area contributed by atoms with E-state index < -0.39 is 6.09 Å². The van der Waals surface area contributed by atoms with Crippen LogP contribution in [0, 0.1) is 22.7 Å². The molecule has 0 bridgehead atoms. The summed E-state index contributed by atoms with van der Waals surface area (Å²) >= 11 is 1.13. The molecular formula is C18H22N4O3S. The van der Waals surface area contributed by atoms with E-state index in [1.807, 2.05) is 26.0 Å². The van der Waals surface area contributed by atoms with Crippen molar-refractivity contribution in [2.24, 2.45) is 0 Å². The SMILES string of the molecule is CN(SN(CCC#N)CCC#N)C(=O)Oc1cccc2c1OC(C)(C)C2.